The summed E-state index contributed by atoms with van der Waals surface area (Å²) < 4.78 is 0.821. The number of hydrogen-bond donors (Lipinski definition) is 2. The summed E-state index contributed by atoms with van der Waals surface area (Å²) in [4.78, 5) is 13.8. The first kappa shape index (κ1) is 13.0. The van der Waals surface area contributed by atoms with Crippen LogP contribution >= 0.6 is 27.3 Å². The topological polar surface area (TPSA) is 60.8 Å². The van der Waals surface area contributed by atoms with Crippen LogP contribution in [0.3, 0.4) is 0 Å². The Morgan fingerprint density at radius 2 is 2.41 bits per heavy atom. The molecule has 0 aliphatic carbocycles. The number of aliphatic hydroxyl groups is 2. The predicted octanol–water partition coefficient (Wildman–Crippen LogP) is 1.33. The molecule has 1 aromatic rings. The van der Waals surface area contributed by atoms with E-state index in [-0.39, 0.29) is 18.4 Å². The summed E-state index contributed by atoms with van der Waals surface area (Å²) in [6, 6.07) is 1.78. The van der Waals surface area contributed by atoms with Crippen molar-refractivity contribution in [3.05, 3.63) is 20.8 Å². The van der Waals surface area contributed by atoms with Crippen molar-refractivity contribution in [1.82, 2.24) is 4.90 Å². The molecular formula is C11H14BrNO3S. The number of amides is 1. The monoisotopic (exact) mass is 319 g/mol. The fourth-order valence-corrected chi connectivity index (χ4v) is 3.23. The summed E-state index contributed by atoms with van der Waals surface area (Å²) in [5, 5.41) is 20.7. The molecule has 1 aliphatic rings. The molecule has 94 valence electrons. The number of nitrogens with zero attached hydrogens (tertiary/aromatic N) is 1. The zero-order valence-corrected chi connectivity index (χ0v) is 11.6. The molecule has 0 radical (unpaired) electrons. The van der Waals surface area contributed by atoms with Crippen LogP contribution in [0.1, 0.15) is 16.8 Å². The highest BCUT2D eigenvalue weighted by Gasteiger charge is 2.30. The highest BCUT2D eigenvalue weighted by atomic mass is 79.9. The van der Waals surface area contributed by atoms with Crippen LogP contribution in [0.5, 0.6) is 0 Å². The van der Waals surface area contributed by atoms with Gasteiger partial charge in [-0.15, -0.1) is 11.3 Å². The molecule has 1 amide bonds. The molecule has 1 fully saturated rings. The van der Waals surface area contributed by atoms with Crippen molar-refractivity contribution >= 4 is 33.2 Å². The minimum atomic E-state index is -0.630. The van der Waals surface area contributed by atoms with Crippen molar-refractivity contribution < 1.29 is 15.0 Å². The van der Waals surface area contributed by atoms with E-state index in [0.717, 1.165) is 3.79 Å². The molecule has 0 bridgehead atoms. The maximum Gasteiger partial charge on any atom is 0.255 e. The number of aliphatic hydroxyl groups excluding tert-OH is 2. The molecule has 0 spiro atoms. The van der Waals surface area contributed by atoms with Gasteiger partial charge in [-0.2, -0.15) is 0 Å². The van der Waals surface area contributed by atoms with E-state index >= 15 is 0 Å². The van der Waals surface area contributed by atoms with Gasteiger partial charge < -0.3 is 15.1 Å². The molecule has 2 heterocycles. The van der Waals surface area contributed by atoms with Gasteiger partial charge in [0.2, 0.25) is 0 Å². The van der Waals surface area contributed by atoms with Gasteiger partial charge >= 0.3 is 0 Å². The number of carbonyl (C=O) groups is 1. The van der Waals surface area contributed by atoms with Gasteiger partial charge in [-0.25, -0.2) is 0 Å². The molecule has 2 atom stereocenters. The number of β-amino-alcohol motifs (C(OH)–C–C–N with tert-alkyl or cyclic N) is 1. The van der Waals surface area contributed by atoms with Crippen LogP contribution < -0.4 is 0 Å². The third-order valence-electron chi connectivity index (χ3n) is 3.09. The van der Waals surface area contributed by atoms with E-state index in [4.69, 9.17) is 5.11 Å². The van der Waals surface area contributed by atoms with E-state index in [9.17, 15) is 9.90 Å². The first-order valence-corrected chi connectivity index (χ1v) is 7.12. The molecule has 6 heteroatoms. The van der Waals surface area contributed by atoms with Crippen molar-refractivity contribution in [1.29, 1.82) is 0 Å². The van der Waals surface area contributed by atoms with E-state index in [0.29, 0.717) is 25.1 Å². The number of likely N-dealkylation sites (tertiary alicyclic amines) is 1. The van der Waals surface area contributed by atoms with Crippen LogP contribution in [-0.2, 0) is 0 Å². The fraction of sp³-hybridized carbons (Fsp3) is 0.545. The van der Waals surface area contributed by atoms with Crippen molar-refractivity contribution in [2.24, 2.45) is 5.92 Å². The lowest BCUT2D eigenvalue weighted by Gasteiger charge is -2.35. The minimum absolute atomic E-state index is 0.0225. The number of rotatable bonds is 2. The second-order valence-corrected chi connectivity index (χ2v) is 6.39. The number of piperidine rings is 1. The molecule has 1 saturated heterocycles. The molecule has 2 rings (SSSR count). The molecule has 0 aromatic carbocycles. The highest BCUT2D eigenvalue weighted by Crippen LogP contribution is 2.26. The van der Waals surface area contributed by atoms with Gasteiger partial charge in [-0.05, 0) is 33.8 Å². The van der Waals surface area contributed by atoms with Crippen LogP contribution in [0.25, 0.3) is 0 Å². The molecule has 2 N–H and O–H groups in total. The summed E-state index contributed by atoms with van der Waals surface area (Å²) in [5.41, 5.74) is 0.643. The van der Waals surface area contributed by atoms with Gasteiger partial charge in [-0.1, -0.05) is 0 Å². The van der Waals surface area contributed by atoms with Gasteiger partial charge in [0.25, 0.3) is 5.91 Å². The fourth-order valence-electron chi connectivity index (χ4n) is 1.99. The molecule has 1 aromatic heterocycles. The first-order chi connectivity index (χ1) is 8.13. The standard InChI is InChI=1S/C11H14BrNO3S/c12-10-8(2-4-17-10)11(16)13-3-1-7(6-14)9(15)5-13/h2,4,7,9,14-15H,1,3,5-6H2. The summed E-state index contributed by atoms with van der Waals surface area (Å²) >= 11 is 4.81. The lowest BCUT2D eigenvalue weighted by Crippen LogP contribution is -2.47. The quantitative estimate of drug-likeness (QED) is 0.864. The van der Waals surface area contributed by atoms with Crippen molar-refractivity contribution in [2.75, 3.05) is 19.7 Å². The summed E-state index contributed by atoms with van der Waals surface area (Å²) in [5.74, 6) is -0.168. The van der Waals surface area contributed by atoms with Crippen molar-refractivity contribution in [2.45, 2.75) is 12.5 Å². The first-order valence-electron chi connectivity index (χ1n) is 5.44. The molecule has 17 heavy (non-hydrogen) atoms. The van der Waals surface area contributed by atoms with Crippen molar-refractivity contribution in [3.63, 3.8) is 0 Å². The van der Waals surface area contributed by atoms with E-state index in [1.54, 1.807) is 11.0 Å². The van der Waals surface area contributed by atoms with Crippen molar-refractivity contribution in [3.8, 4) is 0 Å². The van der Waals surface area contributed by atoms with E-state index in [1.165, 1.54) is 11.3 Å². The van der Waals surface area contributed by atoms with Gasteiger partial charge in [0.15, 0.2) is 0 Å². The Labute approximate surface area is 112 Å². The predicted molar refractivity (Wildman–Crippen MR) is 69.1 cm³/mol. The highest BCUT2D eigenvalue weighted by molar-refractivity contribution is 9.11. The largest absolute Gasteiger partial charge is 0.396 e. The Morgan fingerprint density at radius 1 is 1.65 bits per heavy atom. The minimum Gasteiger partial charge on any atom is -0.396 e. The maximum atomic E-state index is 12.2. The van der Waals surface area contributed by atoms with Crippen LogP contribution in [-0.4, -0.2) is 46.8 Å². The number of halogens is 1. The Balaban J connectivity index is 2.05. The number of thiophene rings is 1. The number of hydrogen-bond acceptors (Lipinski definition) is 4. The summed E-state index contributed by atoms with van der Waals surface area (Å²) in [7, 11) is 0. The van der Waals surface area contributed by atoms with E-state index in [2.05, 4.69) is 15.9 Å². The number of carbonyl (C=O) groups excluding carboxylic acids is 1. The zero-order chi connectivity index (χ0) is 12.4. The molecule has 4 nitrogen and oxygen atoms in total. The normalized spacial score (nSPS) is 25.0. The third-order valence-corrected chi connectivity index (χ3v) is 4.78. The SMILES string of the molecule is O=C(c1ccsc1Br)N1CCC(CO)C(O)C1. The molecule has 1 aliphatic heterocycles. The Bertz CT molecular complexity index is 409. The van der Waals surface area contributed by atoms with E-state index in [1.807, 2.05) is 5.38 Å². The third kappa shape index (κ3) is 2.70. The Morgan fingerprint density at radius 3 is 2.94 bits per heavy atom. The average molecular weight is 320 g/mol. The smallest absolute Gasteiger partial charge is 0.255 e. The second kappa shape index (κ2) is 5.48. The van der Waals surface area contributed by atoms with Gasteiger partial charge in [-0.3, -0.25) is 4.79 Å². The average Bonchev–Trinajstić information content (AvgIpc) is 2.74. The lowest BCUT2D eigenvalue weighted by molar-refractivity contribution is 0.000866. The maximum absolute atomic E-state index is 12.2. The van der Waals surface area contributed by atoms with Crippen LogP contribution in [0.2, 0.25) is 0 Å². The van der Waals surface area contributed by atoms with Crippen LogP contribution in [0.4, 0.5) is 0 Å². The van der Waals surface area contributed by atoms with Crippen LogP contribution in [0, 0.1) is 5.92 Å². The van der Waals surface area contributed by atoms with Gasteiger partial charge in [0.1, 0.15) is 0 Å². The lowest BCUT2D eigenvalue weighted by atomic mass is 9.94. The Hall–Kier alpha value is -0.430. The van der Waals surface area contributed by atoms with Crippen LogP contribution in [0.15, 0.2) is 15.2 Å². The molecular weight excluding hydrogens is 306 g/mol. The molecule has 0 saturated carbocycles. The van der Waals surface area contributed by atoms with E-state index < -0.39 is 6.10 Å². The van der Waals surface area contributed by atoms with Gasteiger partial charge in [0, 0.05) is 25.6 Å². The summed E-state index contributed by atoms with van der Waals surface area (Å²) in [6.07, 6.45) is 0.0145. The molecule has 2 unspecified atom stereocenters. The summed E-state index contributed by atoms with van der Waals surface area (Å²) in [6.45, 7) is 0.862. The van der Waals surface area contributed by atoms with Gasteiger partial charge in [0.05, 0.1) is 15.5 Å². The zero-order valence-electron chi connectivity index (χ0n) is 9.17. The second-order valence-electron chi connectivity index (χ2n) is 4.16. The Kier molecular flexibility index (Phi) is 4.19.